The fourth-order valence-corrected chi connectivity index (χ4v) is 7.70. The number of ether oxygens (including phenoxy) is 2. The van der Waals surface area contributed by atoms with Crippen molar-refractivity contribution in [3.05, 3.63) is 60.2 Å². The molecular weight excluding hydrogens is 763 g/mol. The Labute approximate surface area is 359 Å². The van der Waals surface area contributed by atoms with Crippen LogP contribution in [0, 0.1) is 23.7 Å². The van der Waals surface area contributed by atoms with E-state index in [1.807, 2.05) is 81.9 Å². The van der Waals surface area contributed by atoms with Crippen LogP contribution in [0.3, 0.4) is 0 Å². The topological polar surface area (TPSA) is 184 Å². The molecule has 0 spiro atoms. The zero-order valence-electron chi connectivity index (χ0n) is 38.2. The number of rotatable bonds is 21. The average molecular weight is 838 g/mol. The lowest BCUT2D eigenvalue weighted by Gasteiger charge is -2.35. The van der Waals surface area contributed by atoms with Crippen LogP contribution in [-0.4, -0.2) is 118 Å². The van der Waals surface area contributed by atoms with E-state index in [9.17, 15) is 24.0 Å². The van der Waals surface area contributed by atoms with Gasteiger partial charge < -0.3 is 41.4 Å². The van der Waals surface area contributed by atoms with Crippen LogP contribution >= 0.6 is 0 Å². The molecule has 2 aromatic carbocycles. The van der Waals surface area contributed by atoms with Gasteiger partial charge in [-0.3, -0.25) is 28.9 Å². The summed E-state index contributed by atoms with van der Waals surface area (Å²) in [5.74, 6) is -0.753. The molecule has 1 aliphatic heterocycles. The molecule has 14 nitrogen and oxygen atoms in total. The van der Waals surface area contributed by atoms with Crippen molar-refractivity contribution >= 4 is 40.9 Å². The zero-order valence-corrected chi connectivity index (χ0v) is 38.2. The quantitative estimate of drug-likeness (QED) is 0.110. The summed E-state index contributed by atoms with van der Waals surface area (Å²) in [7, 11) is 8.55. The first kappa shape index (κ1) is 51.6. The molecule has 0 aliphatic carbocycles. The Morgan fingerprint density at radius 3 is 1.98 bits per heavy atom. The molecule has 3 rings (SSSR count). The maximum atomic E-state index is 13.6. The molecular formula is C46H75N7O7. The second-order valence-corrected chi connectivity index (χ2v) is 17.0. The minimum atomic E-state index is -0.818. The third kappa shape index (κ3) is 16.2. The number of likely N-dealkylation sites (tertiary alicyclic amines) is 1. The monoisotopic (exact) mass is 838 g/mol. The Kier molecular flexibility index (Phi) is 22.3. The molecule has 6 N–H and O–H groups in total. The lowest BCUT2D eigenvalue weighted by Crippen LogP contribution is -2.55. The fraction of sp³-hybridized carbons (Fsp3) is 0.630. The number of carbonyl (C=O) groups excluding carboxylic acids is 5. The van der Waals surface area contributed by atoms with Gasteiger partial charge in [0.25, 0.3) is 0 Å². The summed E-state index contributed by atoms with van der Waals surface area (Å²) in [4.78, 5) is 68.1. The number of benzene rings is 2. The molecule has 2 aromatic rings. The number of amides is 5. The molecule has 0 aromatic heterocycles. The van der Waals surface area contributed by atoms with E-state index in [0.29, 0.717) is 36.7 Å². The average Bonchev–Trinajstić information content (AvgIpc) is 3.70. The molecule has 1 heterocycles. The standard InChI is InChI=1S/C33H48N4O5.C13H27N3O2/c1-6-22(2)19-27(41-4)21-30(38)37-18-10-13-29(37)31(42-5)23(3)32(39)36-28(20-24-11-8-7-9-12-24)33(40)35-26-16-14-25(34)15-17-26;1-8(2)10(12(17)14-5)15-13(18)11(9(3)4)16(6)7/h7-9,11-12,14-17,22-23,27-29,31H,6,10,13,18-21,34H2,1-5H3,(H,35,40)(H,36,39);8-11H,1-7H3,(H,14,17)(H,15,18)/t22?,23?,27?,28-,29?,31?;10-,11?/m00/s1. The van der Waals surface area contributed by atoms with Gasteiger partial charge in [-0.1, -0.05) is 85.2 Å². The van der Waals surface area contributed by atoms with Gasteiger partial charge in [0, 0.05) is 45.6 Å². The number of nitrogen functional groups attached to an aromatic ring is 1. The highest BCUT2D eigenvalue weighted by molar-refractivity contribution is 5.98. The smallest absolute Gasteiger partial charge is 0.247 e. The molecule has 0 bridgehead atoms. The van der Waals surface area contributed by atoms with Gasteiger partial charge >= 0.3 is 0 Å². The van der Waals surface area contributed by atoms with Gasteiger partial charge in [-0.05, 0) is 80.9 Å². The molecule has 0 radical (unpaired) electrons. The summed E-state index contributed by atoms with van der Waals surface area (Å²) in [6, 6.07) is 14.7. The minimum Gasteiger partial charge on any atom is -0.399 e. The van der Waals surface area contributed by atoms with Crippen molar-refractivity contribution in [3.63, 3.8) is 0 Å². The summed E-state index contributed by atoms with van der Waals surface area (Å²) >= 11 is 0. The highest BCUT2D eigenvalue weighted by Crippen LogP contribution is 2.28. The van der Waals surface area contributed by atoms with E-state index in [1.165, 1.54) is 0 Å². The molecule has 60 heavy (non-hydrogen) atoms. The van der Waals surface area contributed by atoms with Gasteiger partial charge in [-0.25, -0.2) is 0 Å². The number of carbonyl (C=O) groups is 5. The number of hydrogen-bond donors (Lipinski definition) is 5. The van der Waals surface area contributed by atoms with Crippen molar-refractivity contribution in [2.75, 3.05) is 53.0 Å². The first-order valence-corrected chi connectivity index (χ1v) is 21.4. The molecule has 5 amide bonds. The Bertz CT molecular complexity index is 1610. The van der Waals surface area contributed by atoms with Crippen molar-refractivity contribution in [3.8, 4) is 0 Å². The number of hydrogen-bond acceptors (Lipinski definition) is 9. The van der Waals surface area contributed by atoms with E-state index < -0.39 is 24.1 Å². The highest BCUT2D eigenvalue weighted by atomic mass is 16.5. The molecule has 336 valence electrons. The first-order valence-electron chi connectivity index (χ1n) is 21.4. The third-order valence-electron chi connectivity index (χ3n) is 11.3. The lowest BCUT2D eigenvalue weighted by atomic mass is 9.93. The molecule has 14 heteroatoms. The summed E-state index contributed by atoms with van der Waals surface area (Å²) in [6.45, 7) is 14.5. The van der Waals surface area contributed by atoms with Crippen molar-refractivity contribution in [2.24, 2.45) is 23.7 Å². The number of nitrogens with two attached hydrogens (primary N) is 1. The summed E-state index contributed by atoms with van der Waals surface area (Å²) in [6.07, 6.45) is 3.40. The van der Waals surface area contributed by atoms with Gasteiger partial charge in [0.15, 0.2) is 0 Å². The Balaban J connectivity index is 0.000000579. The third-order valence-corrected chi connectivity index (χ3v) is 11.3. The van der Waals surface area contributed by atoms with Crippen LogP contribution in [0.2, 0.25) is 0 Å². The molecule has 8 atom stereocenters. The van der Waals surface area contributed by atoms with Gasteiger partial charge in [0.1, 0.15) is 12.1 Å². The minimum absolute atomic E-state index is 0.0205. The van der Waals surface area contributed by atoms with Gasteiger partial charge in [0.2, 0.25) is 29.5 Å². The molecule has 6 unspecified atom stereocenters. The predicted octanol–water partition coefficient (Wildman–Crippen LogP) is 4.88. The van der Waals surface area contributed by atoms with E-state index in [4.69, 9.17) is 15.2 Å². The summed E-state index contributed by atoms with van der Waals surface area (Å²) in [5.41, 5.74) is 7.89. The SMILES string of the molecule is CCC(C)CC(CC(=O)N1CCCC1C(OC)C(C)C(=O)N[C@@H](Cc1ccccc1)C(=O)Nc1ccc(N)cc1)OC.CNC(=O)[C@@H](NC(=O)C(C(C)C)N(C)C)C(C)C. The van der Waals surface area contributed by atoms with E-state index in [-0.39, 0.29) is 59.6 Å². The zero-order chi connectivity index (χ0) is 45.1. The van der Waals surface area contributed by atoms with E-state index in [0.717, 1.165) is 31.2 Å². The van der Waals surface area contributed by atoms with Gasteiger partial charge in [-0.2, -0.15) is 0 Å². The van der Waals surface area contributed by atoms with Crippen molar-refractivity contribution in [2.45, 2.75) is 123 Å². The number of nitrogens with one attached hydrogen (secondary N) is 4. The fourth-order valence-electron chi connectivity index (χ4n) is 7.70. The van der Waals surface area contributed by atoms with Crippen LogP contribution in [0.5, 0.6) is 0 Å². The Morgan fingerprint density at radius 1 is 0.833 bits per heavy atom. The largest absolute Gasteiger partial charge is 0.399 e. The lowest BCUT2D eigenvalue weighted by molar-refractivity contribution is -0.142. The molecule has 1 saturated heterocycles. The maximum Gasteiger partial charge on any atom is 0.247 e. The number of anilines is 2. The van der Waals surface area contributed by atoms with Crippen molar-refractivity contribution in [1.82, 2.24) is 25.8 Å². The van der Waals surface area contributed by atoms with Crippen LogP contribution in [-0.2, 0) is 39.9 Å². The molecule has 1 fully saturated rings. The first-order chi connectivity index (χ1) is 28.4. The number of nitrogens with zero attached hydrogens (tertiary/aromatic N) is 2. The van der Waals surface area contributed by atoms with Crippen molar-refractivity contribution < 1.29 is 33.4 Å². The normalized spacial score (nSPS) is 17.4. The summed E-state index contributed by atoms with van der Waals surface area (Å²) < 4.78 is 11.5. The van der Waals surface area contributed by atoms with Gasteiger partial charge in [-0.15, -0.1) is 0 Å². The van der Waals surface area contributed by atoms with Gasteiger partial charge in [0.05, 0.1) is 36.6 Å². The summed E-state index contributed by atoms with van der Waals surface area (Å²) in [5, 5.41) is 11.3. The van der Waals surface area contributed by atoms with Crippen molar-refractivity contribution in [1.29, 1.82) is 0 Å². The number of methoxy groups -OCH3 is 2. The Hall–Kier alpha value is -4.53. The van der Waals surface area contributed by atoms with E-state index in [2.05, 4.69) is 35.1 Å². The van der Waals surface area contributed by atoms with E-state index in [1.54, 1.807) is 52.5 Å². The molecule has 1 aliphatic rings. The predicted molar refractivity (Wildman–Crippen MR) is 239 cm³/mol. The van der Waals surface area contributed by atoms with E-state index >= 15 is 0 Å². The highest BCUT2D eigenvalue weighted by Gasteiger charge is 2.41. The maximum absolute atomic E-state index is 13.6. The van der Waals surface area contributed by atoms with Crippen LogP contribution in [0.1, 0.15) is 86.1 Å². The number of likely N-dealkylation sites (N-methyl/N-ethyl adjacent to an activating group) is 2. The van der Waals surface area contributed by atoms with Crippen LogP contribution in [0.15, 0.2) is 54.6 Å². The molecule has 0 saturated carbocycles. The Morgan fingerprint density at radius 2 is 1.47 bits per heavy atom. The van der Waals surface area contributed by atoms with Crippen LogP contribution < -0.4 is 27.0 Å². The van der Waals surface area contributed by atoms with Crippen LogP contribution in [0.4, 0.5) is 11.4 Å². The second-order valence-electron chi connectivity index (χ2n) is 17.0. The van der Waals surface area contributed by atoms with Crippen LogP contribution in [0.25, 0.3) is 0 Å². The second kappa shape index (κ2) is 25.9.